The molecule has 1 saturated carbocycles. The predicted molar refractivity (Wildman–Crippen MR) is 66.3 cm³/mol. The van der Waals surface area contributed by atoms with Crippen LogP contribution >= 0.6 is 0 Å². The Labute approximate surface area is 97.9 Å². The summed E-state index contributed by atoms with van der Waals surface area (Å²) in [5.41, 5.74) is 1.06. The van der Waals surface area contributed by atoms with Gasteiger partial charge in [-0.2, -0.15) is 0 Å². The zero-order valence-electron chi connectivity index (χ0n) is 10.2. The van der Waals surface area contributed by atoms with E-state index in [1.807, 2.05) is 6.07 Å². The van der Waals surface area contributed by atoms with Gasteiger partial charge in [-0.3, -0.25) is 4.90 Å². The molecular weight excluding hydrogens is 198 g/mol. The van der Waals surface area contributed by atoms with Gasteiger partial charge < -0.3 is 5.11 Å². The first-order valence-electron chi connectivity index (χ1n) is 6.09. The van der Waals surface area contributed by atoms with Crippen molar-refractivity contribution in [1.29, 1.82) is 0 Å². The first-order chi connectivity index (χ1) is 7.68. The lowest BCUT2D eigenvalue weighted by Crippen LogP contribution is -2.52. The molecule has 0 radical (unpaired) electrons. The largest absolute Gasteiger partial charge is 0.391 e. The molecule has 2 heteroatoms. The molecule has 1 fully saturated rings. The van der Waals surface area contributed by atoms with Crippen LogP contribution in [0.4, 0.5) is 0 Å². The van der Waals surface area contributed by atoms with Crippen LogP contribution in [-0.4, -0.2) is 30.2 Å². The molecule has 0 heterocycles. The Morgan fingerprint density at radius 2 is 1.88 bits per heavy atom. The number of aliphatic hydroxyl groups excluding tert-OH is 1. The molecule has 0 aromatic heterocycles. The molecule has 2 nitrogen and oxygen atoms in total. The lowest BCUT2D eigenvalue weighted by Gasteiger charge is -2.47. The summed E-state index contributed by atoms with van der Waals surface area (Å²) in [6.45, 7) is 0. The lowest BCUT2D eigenvalue weighted by atomic mass is 9.73. The van der Waals surface area contributed by atoms with Crippen molar-refractivity contribution in [2.24, 2.45) is 0 Å². The van der Waals surface area contributed by atoms with Gasteiger partial charge in [-0.15, -0.1) is 0 Å². The van der Waals surface area contributed by atoms with Crippen LogP contribution in [0.15, 0.2) is 30.3 Å². The van der Waals surface area contributed by atoms with Gasteiger partial charge in [0.1, 0.15) is 0 Å². The van der Waals surface area contributed by atoms with Crippen molar-refractivity contribution in [2.45, 2.75) is 37.3 Å². The van der Waals surface area contributed by atoms with Gasteiger partial charge >= 0.3 is 0 Å². The summed E-state index contributed by atoms with van der Waals surface area (Å²) in [5.74, 6) is 0. The molecule has 1 aliphatic rings. The minimum Gasteiger partial charge on any atom is -0.391 e. The average molecular weight is 219 g/mol. The number of aliphatic hydroxyl groups is 1. The fourth-order valence-electron chi connectivity index (χ4n) is 2.98. The Kier molecular flexibility index (Phi) is 3.31. The Bertz CT molecular complexity index is 336. The summed E-state index contributed by atoms with van der Waals surface area (Å²) >= 11 is 0. The monoisotopic (exact) mass is 219 g/mol. The van der Waals surface area contributed by atoms with E-state index < -0.39 is 0 Å². The number of hydrogen-bond acceptors (Lipinski definition) is 2. The van der Waals surface area contributed by atoms with Crippen molar-refractivity contribution in [3.8, 4) is 0 Å². The molecular formula is C14H21NO. The first-order valence-corrected chi connectivity index (χ1v) is 6.09. The second-order valence-electron chi connectivity index (χ2n) is 4.95. The van der Waals surface area contributed by atoms with E-state index in [1.54, 1.807) is 0 Å². The number of likely N-dealkylation sites (N-methyl/N-ethyl adjacent to an activating group) is 1. The van der Waals surface area contributed by atoms with Gasteiger partial charge in [0.15, 0.2) is 0 Å². The molecule has 2 unspecified atom stereocenters. The Morgan fingerprint density at radius 3 is 2.44 bits per heavy atom. The summed E-state index contributed by atoms with van der Waals surface area (Å²) in [6.07, 6.45) is 4.05. The van der Waals surface area contributed by atoms with E-state index in [2.05, 4.69) is 43.3 Å². The standard InChI is InChI=1S/C14H21NO/c1-15(2)14(11-7-6-10-13(14)16)12-8-4-3-5-9-12/h3-5,8-9,13,16H,6-7,10-11H2,1-2H3. The van der Waals surface area contributed by atoms with Crippen LogP contribution in [0.3, 0.4) is 0 Å². The van der Waals surface area contributed by atoms with Gasteiger partial charge in [0, 0.05) is 0 Å². The molecule has 0 saturated heterocycles. The van der Waals surface area contributed by atoms with Crippen molar-refractivity contribution in [1.82, 2.24) is 4.90 Å². The number of nitrogens with zero attached hydrogens (tertiary/aromatic N) is 1. The summed E-state index contributed by atoms with van der Waals surface area (Å²) < 4.78 is 0. The van der Waals surface area contributed by atoms with Gasteiger partial charge in [-0.05, 0) is 32.5 Å². The second kappa shape index (κ2) is 4.56. The topological polar surface area (TPSA) is 23.5 Å². The van der Waals surface area contributed by atoms with Crippen molar-refractivity contribution < 1.29 is 5.11 Å². The van der Waals surface area contributed by atoms with Crippen molar-refractivity contribution in [2.75, 3.05) is 14.1 Å². The Morgan fingerprint density at radius 1 is 1.19 bits per heavy atom. The molecule has 0 spiro atoms. The Balaban J connectivity index is 2.42. The highest BCUT2D eigenvalue weighted by molar-refractivity contribution is 5.27. The third-order valence-corrected chi connectivity index (χ3v) is 3.91. The third-order valence-electron chi connectivity index (χ3n) is 3.91. The number of benzene rings is 1. The van der Waals surface area contributed by atoms with E-state index in [4.69, 9.17) is 0 Å². The van der Waals surface area contributed by atoms with Crippen molar-refractivity contribution in [3.05, 3.63) is 35.9 Å². The normalized spacial score (nSPS) is 30.6. The van der Waals surface area contributed by atoms with Gasteiger partial charge in [-0.1, -0.05) is 43.2 Å². The van der Waals surface area contributed by atoms with E-state index in [1.165, 1.54) is 12.0 Å². The fraction of sp³-hybridized carbons (Fsp3) is 0.571. The van der Waals surface area contributed by atoms with E-state index in [0.717, 1.165) is 19.3 Å². The molecule has 0 amide bonds. The summed E-state index contributed by atoms with van der Waals surface area (Å²) in [4.78, 5) is 2.19. The highest BCUT2D eigenvalue weighted by atomic mass is 16.3. The molecule has 1 N–H and O–H groups in total. The molecule has 16 heavy (non-hydrogen) atoms. The SMILES string of the molecule is CN(C)C1(c2ccccc2)CCCCC1O. The summed E-state index contributed by atoms with van der Waals surface area (Å²) in [6, 6.07) is 10.4. The molecule has 88 valence electrons. The van der Waals surface area contributed by atoms with Gasteiger partial charge in [0.25, 0.3) is 0 Å². The van der Waals surface area contributed by atoms with Crippen LogP contribution < -0.4 is 0 Å². The van der Waals surface area contributed by atoms with Crippen LogP contribution in [0.25, 0.3) is 0 Å². The average Bonchev–Trinajstić information content (AvgIpc) is 2.30. The smallest absolute Gasteiger partial charge is 0.0765 e. The summed E-state index contributed by atoms with van der Waals surface area (Å²) in [5, 5.41) is 10.4. The minimum atomic E-state index is -0.251. The zero-order valence-corrected chi connectivity index (χ0v) is 10.2. The second-order valence-corrected chi connectivity index (χ2v) is 4.95. The maximum atomic E-state index is 10.4. The molecule has 2 atom stereocenters. The van der Waals surface area contributed by atoms with Crippen molar-refractivity contribution in [3.63, 3.8) is 0 Å². The lowest BCUT2D eigenvalue weighted by molar-refractivity contribution is -0.0413. The molecule has 2 rings (SSSR count). The van der Waals surface area contributed by atoms with Crippen LogP contribution in [0.5, 0.6) is 0 Å². The van der Waals surface area contributed by atoms with Crippen LogP contribution in [0, 0.1) is 0 Å². The number of hydrogen-bond donors (Lipinski definition) is 1. The van der Waals surface area contributed by atoms with Crippen LogP contribution in [0.1, 0.15) is 31.2 Å². The fourth-order valence-corrected chi connectivity index (χ4v) is 2.98. The third kappa shape index (κ3) is 1.76. The van der Waals surface area contributed by atoms with Crippen LogP contribution in [-0.2, 0) is 5.54 Å². The molecule has 1 aliphatic carbocycles. The molecule has 1 aromatic rings. The first kappa shape index (κ1) is 11.6. The number of rotatable bonds is 2. The molecule has 0 bridgehead atoms. The molecule has 1 aromatic carbocycles. The van der Waals surface area contributed by atoms with Gasteiger partial charge in [0.05, 0.1) is 11.6 Å². The van der Waals surface area contributed by atoms with Crippen LogP contribution in [0.2, 0.25) is 0 Å². The molecule has 0 aliphatic heterocycles. The highest BCUT2D eigenvalue weighted by Crippen LogP contribution is 2.40. The van der Waals surface area contributed by atoms with E-state index in [-0.39, 0.29) is 11.6 Å². The minimum absolute atomic E-state index is 0.181. The predicted octanol–water partition coefficient (Wildman–Crippen LogP) is 2.38. The highest BCUT2D eigenvalue weighted by Gasteiger charge is 2.43. The summed E-state index contributed by atoms with van der Waals surface area (Å²) in [7, 11) is 4.14. The van der Waals surface area contributed by atoms with Gasteiger partial charge in [0.2, 0.25) is 0 Å². The Hall–Kier alpha value is -0.860. The quantitative estimate of drug-likeness (QED) is 0.825. The van der Waals surface area contributed by atoms with E-state index >= 15 is 0 Å². The van der Waals surface area contributed by atoms with Gasteiger partial charge in [-0.25, -0.2) is 0 Å². The van der Waals surface area contributed by atoms with E-state index in [0.29, 0.717) is 0 Å². The maximum Gasteiger partial charge on any atom is 0.0765 e. The van der Waals surface area contributed by atoms with Crippen molar-refractivity contribution >= 4 is 0 Å². The maximum absolute atomic E-state index is 10.4. The zero-order chi connectivity index (χ0) is 11.6. The van der Waals surface area contributed by atoms with E-state index in [9.17, 15) is 5.11 Å².